The minimum Gasteiger partial charge on any atom is -0.326 e. The Labute approximate surface area is 77.8 Å². The van der Waals surface area contributed by atoms with E-state index in [9.17, 15) is 4.79 Å². The Kier molecular flexibility index (Phi) is 2.17. The van der Waals surface area contributed by atoms with E-state index in [1.165, 1.54) is 12.8 Å². The van der Waals surface area contributed by atoms with Gasteiger partial charge >= 0.3 is 0 Å². The molecule has 0 bridgehead atoms. The third-order valence-electron chi connectivity index (χ3n) is 2.64. The van der Waals surface area contributed by atoms with E-state index in [0.29, 0.717) is 0 Å². The van der Waals surface area contributed by atoms with Crippen molar-refractivity contribution in [3.63, 3.8) is 0 Å². The smallest absolute Gasteiger partial charge is 0.168 e. The Morgan fingerprint density at radius 1 is 1.54 bits per heavy atom. The van der Waals surface area contributed by atoms with Crippen LogP contribution in [0, 0.1) is 0 Å². The number of fused-ring (bicyclic) bond motifs is 1. The number of aldehydes is 1. The van der Waals surface area contributed by atoms with E-state index in [0.717, 1.165) is 42.9 Å². The molecule has 2 rings (SSSR count). The van der Waals surface area contributed by atoms with E-state index < -0.39 is 0 Å². The van der Waals surface area contributed by atoms with Crippen LogP contribution < -0.4 is 0 Å². The summed E-state index contributed by atoms with van der Waals surface area (Å²) in [6.45, 7) is 3.01. The fourth-order valence-electron chi connectivity index (χ4n) is 1.95. The van der Waals surface area contributed by atoms with Gasteiger partial charge in [0.1, 0.15) is 11.5 Å². The number of carbonyl (C=O) groups is 1. The lowest BCUT2D eigenvalue weighted by atomic mass is 10.1. The average Bonchev–Trinajstić information content (AvgIpc) is 2.55. The van der Waals surface area contributed by atoms with Crippen molar-refractivity contribution in [3.05, 3.63) is 17.2 Å². The molecule has 0 unspecified atom stereocenters. The second-order valence-electron chi connectivity index (χ2n) is 3.44. The first-order valence-corrected chi connectivity index (χ1v) is 4.90. The summed E-state index contributed by atoms with van der Waals surface area (Å²) in [5, 5.41) is 0. The Hall–Kier alpha value is -1.12. The third-order valence-corrected chi connectivity index (χ3v) is 2.64. The SMILES string of the molecule is CCc1nc2n(c1C=O)CCCC2. The third kappa shape index (κ3) is 1.28. The van der Waals surface area contributed by atoms with Crippen molar-refractivity contribution in [2.24, 2.45) is 0 Å². The van der Waals surface area contributed by atoms with Crippen LogP contribution in [0.3, 0.4) is 0 Å². The fourth-order valence-corrected chi connectivity index (χ4v) is 1.95. The summed E-state index contributed by atoms with van der Waals surface area (Å²) < 4.78 is 2.08. The summed E-state index contributed by atoms with van der Waals surface area (Å²) in [7, 11) is 0. The Bertz CT molecular complexity index is 328. The zero-order valence-corrected chi connectivity index (χ0v) is 7.92. The highest BCUT2D eigenvalue weighted by Gasteiger charge is 2.17. The first kappa shape index (κ1) is 8.48. The van der Waals surface area contributed by atoms with E-state index in [4.69, 9.17) is 0 Å². The number of aromatic nitrogens is 2. The number of rotatable bonds is 2. The van der Waals surface area contributed by atoms with Crippen molar-refractivity contribution in [2.75, 3.05) is 0 Å². The van der Waals surface area contributed by atoms with E-state index >= 15 is 0 Å². The van der Waals surface area contributed by atoms with Crippen LogP contribution >= 0.6 is 0 Å². The van der Waals surface area contributed by atoms with Gasteiger partial charge in [-0.2, -0.15) is 0 Å². The minimum atomic E-state index is 0.803. The molecule has 0 N–H and O–H groups in total. The molecule has 13 heavy (non-hydrogen) atoms. The number of hydrogen-bond acceptors (Lipinski definition) is 2. The molecule has 3 heteroatoms. The highest BCUT2D eigenvalue weighted by atomic mass is 16.1. The van der Waals surface area contributed by atoms with Crippen LogP contribution in [0.25, 0.3) is 0 Å². The summed E-state index contributed by atoms with van der Waals surface area (Å²) in [4.78, 5) is 15.3. The molecule has 1 aliphatic heterocycles. The van der Waals surface area contributed by atoms with Crippen LogP contribution in [-0.4, -0.2) is 15.8 Å². The van der Waals surface area contributed by atoms with Gasteiger partial charge in [-0.15, -0.1) is 0 Å². The van der Waals surface area contributed by atoms with Gasteiger partial charge in [-0.05, 0) is 19.3 Å². The van der Waals surface area contributed by atoms with Crippen molar-refractivity contribution in [3.8, 4) is 0 Å². The van der Waals surface area contributed by atoms with Gasteiger partial charge in [-0.1, -0.05) is 6.92 Å². The van der Waals surface area contributed by atoms with Crippen LogP contribution in [0.1, 0.15) is 41.8 Å². The van der Waals surface area contributed by atoms with Gasteiger partial charge in [-0.25, -0.2) is 4.98 Å². The molecule has 0 atom stereocenters. The van der Waals surface area contributed by atoms with E-state index in [1.807, 2.05) is 6.92 Å². The molecule has 0 aromatic carbocycles. The second-order valence-corrected chi connectivity index (χ2v) is 3.44. The zero-order chi connectivity index (χ0) is 9.26. The zero-order valence-electron chi connectivity index (χ0n) is 7.92. The highest BCUT2D eigenvalue weighted by molar-refractivity contribution is 5.74. The molecular weight excluding hydrogens is 164 g/mol. The molecule has 0 spiro atoms. The van der Waals surface area contributed by atoms with Gasteiger partial charge in [-0.3, -0.25) is 4.79 Å². The average molecular weight is 178 g/mol. The molecule has 0 fully saturated rings. The maximum absolute atomic E-state index is 10.9. The molecule has 0 saturated heterocycles. The molecule has 0 radical (unpaired) electrons. The van der Waals surface area contributed by atoms with Crippen LogP contribution in [0.5, 0.6) is 0 Å². The maximum Gasteiger partial charge on any atom is 0.168 e. The van der Waals surface area contributed by atoms with Crippen molar-refractivity contribution < 1.29 is 4.79 Å². The van der Waals surface area contributed by atoms with Gasteiger partial charge < -0.3 is 4.57 Å². The molecule has 1 aromatic rings. The van der Waals surface area contributed by atoms with Crippen LogP contribution in [0.15, 0.2) is 0 Å². The number of nitrogens with zero attached hydrogens (tertiary/aromatic N) is 2. The monoisotopic (exact) mass is 178 g/mol. The predicted molar refractivity (Wildman–Crippen MR) is 49.9 cm³/mol. The second kappa shape index (κ2) is 3.32. The lowest BCUT2D eigenvalue weighted by Gasteiger charge is -2.13. The fraction of sp³-hybridized carbons (Fsp3) is 0.600. The molecule has 1 aromatic heterocycles. The Morgan fingerprint density at radius 3 is 3.08 bits per heavy atom. The molecule has 1 aliphatic rings. The molecule has 70 valence electrons. The first-order chi connectivity index (χ1) is 6.36. The van der Waals surface area contributed by atoms with Crippen molar-refractivity contribution >= 4 is 6.29 Å². The van der Waals surface area contributed by atoms with Gasteiger partial charge in [0.2, 0.25) is 0 Å². The van der Waals surface area contributed by atoms with E-state index in [1.54, 1.807) is 0 Å². The van der Waals surface area contributed by atoms with Crippen molar-refractivity contribution in [1.29, 1.82) is 0 Å². The normalized spacial score (nSPS) is 15.5. The number of carbonyl (C=O) groups excluding carboxylic acids is 1. The Balaban J connectivity index is 2.50. The van der Waals surface area contributed by atoms with E-state index in [2.05, 4.69) is 9.55 Å². The molecular formula is C10H14N2O. The predicted octanol–water partition coefficient (Wildman–Crippen LogP) is 1.59. The van der Waals surface area contributed by atoms with Gasteiger partial charge in [0.25, 0.3) is 0 Å². The maximum atomic E-state index is 10.9. The minimum absolute atomic E-state index is 0.803. The van der Waals surface area contributed by atoms with Crippen LogP contribution in [0.4, 0.5) is 0 Å². The number of imidazole rings is 1. The summed E-state index contributed by atoms with van der Waals surface area (Å²) in [5.41, 5.74) is 1.77. The number of hydrogen-bond donors (Lipinski definition) is 0. The summed E-state index contributed by atoms with van der Waals surface area (Å²) in [6.07, 6.45) is 5.21. The number of aryl methyl sites for hydroxylation is 2. The van der Waals surface area contributed by atoms with Crippen molar-refractivity contribution in [1.82, 2.24) is 9.55 Å². The molecule has 0 amide bonds. The quantitative estimate of drug-likeness (QED) is 0.645. The summed E-state index contributed by atoms with van der Waals surface area (Å²) >= 11 is 0. The summed E-state index contributed by atoms with van der Waals surface area (Å²) in [6, 6.07) is 0. The lowest BCUT2D eigenvalue weighted by Crippen LogP contribution is -2.12. The van der Waals surface area contributed by atoms with Crippen molar-refractivity contribution in [2.45, 2.75) is 39.2 Å². The Morgan fingerprint density at radius 2 is 2.38 bits per heavy atom. The van der Waals surface area contributed by atoms with Gasteiger partial charge in [0.15, 0.2) is 6.29 Å². The molecule has 2 heterocycles. The largest absolute Gasteiger partial charge is 0.326 e. The summed E-state index contributed by atoms with van der Waals surface area (Å²) in [5.74, 6) is 1.10. The van der Waals surface area contributed by atoms with Crippen LogP contribution in [-0.2, 0) is 19.4 Å². The first-order valence-electron chi connectivity index (χ1n) is 4.90. The van der Waals surface area contributed by atoms with Gasteiger partial charge in [0.05, 0.1) is 5.69 Å². The standard InChI is InChI=1S/C10H14N2O/c1-2-8-9(7-13)12-6-4-3-5-10(12)11-8/h7H,2-6H2,1H3. The molecule has 3 nitrogen and oxygen atoms in total. The van der Waals surface area contributed by atoms with Gasteiger partial charge in [0, 0.05) is 13.0 Å². The lowest BCUT2D eigenvalue weighted by molar-refractivity contribution is 0.111. The highest BCUT2D eigenvalue weighted by Crippen LogP contribution is 2.18. The molecule has 0 aliphatic carbocycles. The van der Waals surface area contributed by atoms with Crippen LogP contribution in [0.2, 0.25) is 0 Å². The topological polar surface area (TPSA) is 34.9 Å². The van der Waals surface area contributed by atoms with E-state index in [-0.39, 0.29) is 0 Å². The molecule has 0 saturated carbocycles.